The number of aromatic amines is 1. The number of aliphatic hydroxyl groups excluding tert-OH is 1. The zero-order valence-corrected chi connectivity index (χ0v) is 16.5. The number of nitrogens with one attached hydrogen (secondary N) is 1. The minimum Gasteiger partial charge on any atom is -0.387 e. The van der Waals surface area contributed by atoms with Gasteiger partial charge >= 0.3 is 21.3 Å². The van der Waals surface area contributed by atoms with Gasteiger partial charge in [-0.2, -0.15) is 0 Å². The number of aliphatic hydroxyl groups is 1. The molecule has 2 heterocycles. The number of H-pyrrole nitrogens is 1. The van der Waals surface area contributed by atoms with Crippen molar-refractivity contribution in [3.8, 4) is 0 Å². The van der Waals surface area contributed by atoms with Crippen LogP contribution in [0.1, 0.15) is 13.2 Å². The molecule has 1 aliphatic heterocycles. The maximum absolute atomic E-state index is 11.6. The number of rotatable bonds is 1. The molecule has 0 saturated carbocycles. The van der Waals surface area contributed by atoms with E-state index >= 15 is 0 Å². The minimum absolute atomic E-state index is 0.535. The fourth-order valence-corrected chi connectivity index (χ4v) is 2.36. The lowest BCUT2D eigenvalue weighted by Crippen LogP contribution is -2.40. The van der Waals surface area contributed by atoms with Crippen LogP contribution in [-0.2, 0) is 13.9 Å². The van der Waals surface area contributed by atoms with Gasteiger partial charge in [-0.15, -0.1) is 0 Å². The number of nitrogens with zero attached hydrogens (tertiary/aromatic N) is 1. The molecule has 0 bridgehead atoms. The number of alkyl halides is 2. The highest BCUT2D eigenvalue weighted by molar-refractivity contribution is 7.45. The third-order valence-electron chi connectivity index (χ3n) is 2.62. The lowest BCUT2D eigenvalue weighted by molar-refractivity contribution is -0.0107. The molecule has 1 aromatic heterocycles. The van der Waals surface area contributed by atoms with E-state index in [-0.39, 0.29) is 0 Å². The van der Waals surface area contributed by atoms with Crippen LogP contribution in [0.4, 0.5) is 0 Å². The van der Waals surface area contributed by atoms with Crippen LogP contribution in [0.3, 0.4) is 0 Å². The summed E-state index contributed by atoms with van der Waals surface area (Å²) in [4.78, 5) is 67.7. The molecule has 0 spiro atoms. The second kappa shape index (κ2) is 9.74. The van der Waals surface area contributed by atoms with Crippen molar-refractivity contribution in [2.75, 3.05) is 0 Å². The van der Waals surface area contributed by atoms with Crippen LogP contribution in [0.25, 0.3) is 0 Å². The molecule has 0 aromatic carbocycles. The van der Waals surface area contributed by atoms with Crippen LogP contribution < -0.4 is 11.2 Å². The topological polar surface area (TPSA) is 240 Å². The zero-order valence-electron chi connectivity index (χ0n) is 13.2. The number of ether oxygens (including phenoxy) is 1. The molecule has 0 aliphatic carbocycles. The molecule has 0 unspecified atom stereocenters. The smallest absolute Gasteiger partial charge is 0.387 e. The Bertz CT molecular complexity index is 792. The molecular formula is C9H16Cl2N2O12P2. The van der Waals surface area contributed by atoms with Gasteiger partial charge in [-0.1, -0.05) is 23.2 Å². The van der Waals surface area contributed by atoms with E-state index in [0.29, 0.717) is 0 Å². The maximum Gasteiger partial charge on any atom is 0.466 e. The SMILES string of the molecule is C[C@H]1O[C@@H](n2ccc(=O)[nH]c2=O)C(Cl)(Cl)[C@@H]1O.O=P(O)(O)O.O=P(O)(O)O. The van der Waals surface area contributed by atoms with Crippen molar-refractivity contribution in [3.05, 3.63) is 33.1 Å². The molecule has 8 N–H and O–H groups in total. The average Bonchev–Trinajstić information content (AvgIpc) is 2.59. The summed E-state index contributed by atoms with van der Waals surface area (Å²) in [7, 11) is -9.28. The van der Waals surface area contributed by atoms with E-state index in [4.69, 9.17) is 66.4 Å². The Labute approximate surface area is 160 Å². The van der Waals surface area contributed by atoms with Crippen LogP contribution in [0, 0.1) is 0 Å². The van der Waals surface area contributed by atoms with Gasteiger partial charge in [0, 0.05) is 12.3 Å². The van der Waals surface area contributed by atoms with Gasteiger partial charge in [0.1, 0.15) is 6.10 Å². The van der Waals surface area contributed by atoms with Crippen LogP contribution in [0.2, 0.25) is 0 Å². The van der Waals surface area contributed by atoms with Gasteiger partial charge in [-0.3, -0.25) is 14.3 Å². The molecule has 158 valence electrons. The van der Waals surface area contributed by atoms with Crippen LogP contribution in [0.5, 0.6) is 0 Å². The number of aromatic nitrogens is 2. The first-order valence-corrected chi connectivity index (χ1v) is 10.3. The summed E-state index contributed by atoms with van der Waals surface area (Å²) in [5.74, 6) is 0. The first-order chi connectivity index (χ1) is 11.8. The molecular weight excluding hydrogens is 461 g/mol. The largest absolute Gasteiger partial charge is 0.466 e. The van der Waals surface area contributed by atoms with Crippen molar-refractivity contribution in [3.63, 3.8) is 0 Å². The Morgan fingerprint density at radius 1 is 1.11 bits per heavy atom. The maximum atomic E-state index is 11.6. The number of hydrogen-bond donors (Lipinski definition) is 8. The number of halogens is 2. The normalized spacial score (nSPS) is 24.3. The van der Waals surface area contributed by atoms with Gasteiger partial charge in [0.2, 0.25) is 0 Å². The Morgan fingerprint density at radius 3 is 1.81 bits per heavy atom. The van der Waals surface area contributed by atoms with Crippen molar-refractivity contribution in [1.29, 1.82) is 0 Å². The zero-order chi connectivity index (χ0) is 21.8. The summed E-state index contributed by atoms with van der Waals surface area (Å²) < 4.78 is 22.5. The fourth-order valence-electron chi connectivity index (χ4n) is 1.69. The average molecular weight is 477 g/mol. The second-order valence-electron chi connectivity index (χ2n) is 4.86. The van der Waals surface area contributed by atoms with Gasteiger partial charge in [0.15, 0.2) is 10.6 Å². The fraction of sp³-hybridized carbons (Fsp3) is 0.556. The Morgan fingerprint density at radius 2 is 1.52 bits per heavy atom. The molecule has 2 rings (SSSR count). The highest BCUT2D eigenvalue weighted by Gasteiger charge is 2.54. The standard InChI is InChI=1S/C9H10Cl2N2O4.2H3O4P/c1-4-6(15)9(10,11)7(17-4)13-3-2-5(14)12-8(13)16;2*1-5(2,3)4/h2-4,6-7,15H,1H3,(H,12,14,16);2*(H3,1,2,3,4)/t4-,6-,7-;;/m1../s1. The highest BCUT2D eigenvalue weighted by Crippen LogP contribution is 2.45. The predicted molar refractivity (Wildman–Crippen MR) is 89.9 cm³/mol. The molecule has 18 heteroatoms. The molecule has 1 fully saturated rings. The summed E-state index contributed by atoms with van der Waals surface area (Å²) in [6.45, 7) is 1.58. The molecule has 3 atom stereocenters. The highest BCUT2D eigenvalue weighted by atomic mass is 35.5. The van der Waals surface area contributed by atoms with Gasteiger partial charge in [0.25, 0.3) is 5.56 Å². The first kappa shape index (κ1) is 26.4. The molecule has 0 amide bonds. The molecule has 1 aliphatic rings. The van der Waals surface area contributed by atoms with E-state index in [9.17, 15) is 14.7 Å². The minimum atomic E-state index is -4.64. The summed E-state index contributed by atoms with van der Waals surface area (Å²) in [5, 5.41) is 9.73. The summed E-state index contributed by atoms with van der Waals surface area (Å²) in [5.41, 5.74) is -1.23. The first-order valence-electron chi connectivity index (χ1n) is 6.43. The van der Waals surface area contributed by atoms with Gasteiger partial charge in [-0.25, -0.2) is 13.9 Å². The Balaban J connectivity index is 0.000000563. The van der Waals surface area contributed by atoms with Crippen molar-refractivity contribution in [2.24, 2.45) is 0 Å². The van der Waals surface area contributed by atoms with E-state index < -0.39 is 49.7 Å². The monoisotopic (exact) mass is 476 g/mol. The Kier molecular flexibility index (Phi) is 9.52. The molecule has 0 radical (unpaired) electrons. The predicted octanol–water partition coefficient (Wildman–Crippen LogP) is -1.87. The van der Waals surface area contributed by atoms with E-state index in [1.165, 1.54) is 6.20 Å². The van der Waals surface area contributed by atoms with Crippen molar-refractivity contribution >= 4 is 38.8 Å². The van der Waals surface area contributed by atoms with Crippen LogP contribution in [-0.4, -0.2) is 60.6 Å². The molecule has 14 nitrogen and oxygen atoms in total. The van der Waals surface area contributed by atoms with Crippen molar-refractivity contribution in [2.45, 2.75) is 29.7 Å². The quantitative estimate of drug-likeness (QED) is 0.164. The third-order valence-corrected chi connectivity index (χ3v) is 3.44. The number of phosphoric acid groups is 2. The molecule has 1 saturated heterocycles. The number of hydrogen-bond acceptors (Lipinski definition) is 6. The van der Waals surface area contributed by atoms with Gasteiger partial charge in [-0.05, 0) is 6.92 Å². The lowest BCUT2D eigenvalue weighted by atomic mass is 10.2. The third kappa shape index (κ3) is 10.5. The van der Waals surface area contributed by atoms with Crippen LogP contribution >= 0.6 is 38.8 Å². The summed E-state index contributed by atoms with van der Waals surface area (Å²) >= 11 is 11.9. The van der Waals surface area contributed by atoms with Gasteiger partial charge in [0.05, 0.1) is 6.10 Å². The molecule has 1 aromatic rings. The van der Waals surface area contributed by atoms with Crippen molar-refractivity contribution in [1.82, 2.24) is 9.55 Å². The lowest BCUT2D eigenvalue weighted by Gasteiger charge is -2.23. The van der Waals surface area contributed by atoms with Crippen molar-refractivity contribution < 1.29 is 48.3 Å². The summed E-state index contributed by atoms with van der Waals surface area (Å²) in [6, 6.07) is 1.14. The molecule has 27 heavy (non-hydrogen) atoms. The van der Waals surface area contributed by atoms with Gasteiger partial charge < -0.3 is 39.2 Å². The van der Waals surface area contributed by atoms with E-state index in [1.54, 1.807) is 6.92 Å². The van der Waals surface area contributed by atoms with E-state index in [0.717, 1.165) is 10.6 Å². The van der Waals surface area contributed by atoms with E-state index in [2.05, 4.69) is 4.98 Å². The Hall–Kier alpha value is -0.600. The van der Waals surface area contributed by atoms with E-state index in [1.807, 2.05) is 0 Å². The summed E-state index contributed by atoms with van der Waals surface area (Å²) in [6.07, 6.45) is -1.58. The second-order valence-corrected chi connectivity index (χ2v) is 8.35. The van der Waals surface area contributed by atoms with Crippen LogP contribution in [0.15, 0.2) is 21.9 Å².